The van der Waals surface area contributed by atoms with Crippen molar-refractivity contribution in [2.45, 2.75) is 17.9 Å². The van der Waals surface area contributed by atoms with Gasteiger partial charge >= 0.3 is 5.97 Å². The minimum atomic E-state index is -3.95. The molecule has 2 aromatic rings. The van der Waals surface area contributed by atoms with E-state index in [0.29, 0.717) is 5.56 Å². The number of carbonyl (C=O) groups is 1. The largest absolute Gasteiger partial charge is 0.493 e. The molecule has 8 heteroatoms. The maximum absolute atomic E-state index is 13.0. The molecule has 0 aromatic heterocycles. The molecule has 2 rings (SSSR count). The minimum absolute atomic E-state index is 0.0745. The fourth-order valence-corrected chi connectivity index (χ4v) is 4.03. The van der Waals surface area contributed by atoms with E-state index in [-0.39, 0.29) is 16.4 Å². The molecular formula is C20H23NO6S. The van der Waals surface area contributed by atoms with Crippen molar-refractivity contribution in [3.05, 3.63) is 59.7 Å². The van der Waals surface area contributed by atoms with E-state index in [1.165, 1.54) is 39.5 Å². The van der Waals surface area contributed by atoms with Gasteiger partial charge in [0.25, 0.3) is 0 Å². The van der Waals surface area contributed by atoms with E-state index in [4.69, 9.17) is 9.47 Å². The average Bonchev–Trinajstić information content (AvgIpc) is 2.71. The molecule has 0 saturated heterocycles. The van der Waals surface area contributed by atoms with E-state index in [1.54, 1.807) is 13.0 Å². The van der Waals surface area contributed by atoms with Gasteiger partial charge in [0.1, 0.15) is 4.90 Å². The predicted molar refractivity (Wildman–Crippen MR) is 106 cm³/mol. The van der Waals surface area contributed by atoms with Gasteiger partial charge in [-0.1, -0.05) is 30.3 Å². The highest BCUT2D eigenvalue weighted by molar-refractivity contribution is 7.89. The number of hydrogen-bond donors (Lipinski definition) is 1. The molecule has 2 aromatic carbocycles. The van der Waals surface area contributed by atoms with Crippen LogP contribution in [0.5, 0.6) is 11.5 Å². The van der Waals surface area contributed by atoms with Gasteiger partial charge in [0.05, 0.1) is 21.3 Å². The first-order chi connectivity index (χ1) is 13.3. The molecule has 0 bridgehead atoms. The maximum Gasteiger partial charge on any atom is 0.330 e. The molecule has 0 aliphatic carbocycles. The lowest BCUT2D eigenvalue weighted by Crippen LogP contribution is -2.27. The van der Waals surface area contributed by atoms with Crippen LogP contribution in [0.4, 0.5) is 0 Å². The fraction of sp³-hybridized carbons (Fsp3) is 0.250. The third-order valence-electron chi connectivity index (χ3n) is 4.00. The number of esters is 1. The molecule has 0 unspecified atom stereocenters. The second kappa shape index (κ2) is 9.38. The first-order valence-corrected chi connectivity index (χ1v) is 9.90. The number of rotatable bonds is 8. The van der Waals surface area contributed by atoms with Gasteiger partial charge in [-0.25, -0.2) is 17.9 Å². The van der Waals surface area contributed by atoms with Gasteiger partial charge in [-0.05, 0) is 36.3 Å². The van der Waals surface area contributed by atoms with Gasteiger partial charge in [-0.2, -0.15) is 0 Å². The molecule has 0 heterocycles. The second-order valence-corrected chi connectivity index (χ2v) is 7.55. The van der Waals surface area contributed by atoms with Crippen LogP contribution in [0.1, 0.15) is 24.1 Å². The lowest BCUT2D eigenvalue weighted by atomic mass is 10.1. The van der Waals surface area contributed by atoms with Gasteiger partial charge in [-0.15, -0.1) is 0 Å². The summed E-state index contributed by atoms with van der Waals surface area (Å²) in [6, 6.07) is 11.7. The zero-order valence-corrected chi connectivity index (χ0v) is 16.9. The Morgan fingerprint density at radius 1 is 1.07 bits per heavy atom. The zero-order valence-electron chi connectivity index (χ0n) is 16.1. The monoisotopic (exact) mass is 405 g/mol. The molecule has 1 N–H and O–H groups in total. The molecule has 7 nitrogen and oxygen atoms in total. The molecule has 0 aliphatic heterocycles. The Balaban J connectivity index is 2.48. The minimum Gasteiger partial charge on any atom is -0.493 e. The van der Waals surface area contributed by atoms with Crippen molar-refractivity contribution in [3.8, 4) is 11.5 Å². The van der Waals surface area contributed by atoms with E-state index < -0.39 is 22.0 Å². The summed E-state index contributed by atoms with van der Waals surface area (Å²) in [6.45, 7) is 1.75. The Kier molecular flexibility index (Phi) is 7.19. The van der Waals surface area contributed by atoms with E-state index in [1.807, 2.05) is 30.3 Å². The molecule has 28 heavy (non-hydrogen) atoms. The Hall–Kier alpha value is -2.84. The summed E-state index contributed by atoms with van der Waals surface area (Å²) in [6.07, 6.45) is 2.63. The third-order valence-corrected chi connectivity index (χ3v) is 5.55. The first kappa shape index (κ1) is 21.5. The normalized spacial score (nSPS) is 12.6. The molecule has 0 saturated carbocycles. The first-order valence-electron chi connectivity index (χ1n) is 8.41. The molecule has 0 aliphatic rings. The van der Waals surface area contributed by atoms with Crippen molar-refractivity contribution in [3.63, 3.8) is 0 Å². The number of benzene rings is 2. The summed E-state index contributed by atoms with van der Waals surface area (Å²) in [5.41, 5.74) is 1.26. The topological polar surface area (TPSA) is 90.9 Å². The predicted octanol–water partition coefficient (Wildman–Crippen LogP) is 2.93. The van der Waals surface area contributed by atoms with Crippen LogP contribution in [0.2, 0.25) is 0 Å². The van der Waals surface area contributed by atoms with Gasteiger partial charge < -0.3 is 14.2 Å². The molecule has 150 valence electrons. The van der Waals surface area contributed by atoms with Crippen LogP contribution < -0.4 is 14.2 Å². The number of methoxy groups -OCH3 is 3. The van der Waals surface area contributed by atoms with Crippen LogP contribution >= 0.6 is 0 Å². The van der Waals surface area contributed by atoms with Crippen molar-refractivity contribution >= 4 is 22.1 Å². The summed E-state index contributed by atoms with van der Waals surface area (Å²) in [7, 11) is 0.0687. The van der Waals surface area contributed by atoms with Gasteiger partial charge in [0, 0.05) is 12.1 Å². The Morgan fingerprint density at radius 3 is 2.32 bits per heavy atom. The van der Waals surface area contributed by atoms with Crippen LogP contribution in [0.25, 0.3) is 6.08 Å². The van der Waals surface area contributed by atoms with Crippen molar-refractivity contribution in [1.29, 1.82) is 0 Å². The summed E-state index contributed by atoms with van der Waals surface area (Å²) < 4.78 is 43.8. The Morgan fingerprint density at radius 2 is 1.75 bits per heavy atom. The van der Waals surface area contributed by atoms with Crippen LogP contribution in [0, 0.1) is 0 Å². The highest BCUT2D eigenvalue weighted by Crippen LogP contribution is 2.36. The van der Waals surface area contributed by atoms with Crippen molar-refractivity contribution in [2.24, 2.45) is 0 Å². The number of nitrogens with one attached hydrogen (secondary N) is 1. The van der Waals surface area contributed by atoms with Crippen molar-refractivity contribution in [1.82, 2.24) is 4.72 Å². The molecular weight excluding hydrogens is 382 g/mol. The molecule has 1 atom stereocenters. The smallest absolute Gasteiger partial charge is 0.330 e. The number of carbonyl (C=O) groups excluding carboxylic acids is 1. The summed E-state index contributed by atoms with van der Waals surface area (Å²) in [4.78, 5) is 11.3. The van der Waals surface area contributed by atoms with E-state index >= 15 is 0 Å². The Bertz CT molecular complexity index is 954. The Labute approximate surface area is 165 Å². The lowest BCUT2D eigenvalue weighted by Gasteiger charge is -2.18. The molecule has 0 spiro atoms. The quantitative estimate of drug-likeness (QED) is 0.536. The second-order valence-electron chi connectivity index (χ2n) is 5.86. The van der Waals surface area contributed by atoms with E-state index in [2.05, 4.69) is 9.46 Å². The van der Waals surface area contributed by atoms with Gasteiger partial charge in [0.2, 0.25) is 10.0 Å². The highest BCUT2D eigenvalue weighted by Gasteiger charge is 2.25. The summed E-state index contributed by atoms with van der Waals surface area (Å²) in [5, 5.41) is 0. The molecule has 0 amide bonds. The third kappa shape index (κ3) is 5.11. The molecule has 0 radical (unpaired) electrons. The van der Waals surface area contributed by atoms with Crippen LogP contribution in [-0.4, -0.2) is 35.7 Å². The van der Waals surface area contributed by atoms with Crippen LogP contribution in [0.3, 0.4) is 0 Å². The van der Waals surface area contributed by atoms with E-state index in [9.17, 15) is 13.2 Å². The van der Waals surface area contributed by atoms with Crippen molar-refractivity contribution < 1.29 is 27.4 Å². The SMILES string of the molecule is COC(=O)/C=C\c1cc(OC)c(OC)c(S(=O)(=O)N[C@@H](C)c2ccccc2)c1. The molecule has 0 fully saturated rings. The van der Waals surface area contributed by atoms with Gasteiger partial charge in [-0.3, -0.25) is 0 Å². The van der Waals surface area contributed by atoms with Crippen LogP contribution in [-0.2, 0) is 19.6 Å². The summed E-state index contributed by atoms with van der Waals surface area (Å²) in [5.74, 6) is -0.261. The van der Waals surface area contributed by atoms with Crippen LogP contribution in [0.15, 0.2) is 53.4 Å². The maximum atomic E-state index is 13.0. The highest BCUT2D eigenvalue weighted by atomic mass is 32.2. The van der Waals surface area contributed by atoms with E-state index in [0.717, 1.165) is 5.56 Å². The number of hydrogen-bond acceptors (Lipinski definition) is 6. The standard InChI is InChI=1S/C20H23NO6S/c1-14(16-8-6-5-7-9-16)21-28(23,24)18-13-15(10-11-19(22)26-3)12-17(25-2)20(18)27-4/h5-14,21H,1-4H3/b11-10-/t14-/m0/s1. The lowest BCUT2D eigenvalue weighted by molar-refractivity contribution is -0.134. The summed E-state index contributed by atoms with van der Waals surface area (Å²) >= 11 is 0. The number of sulfonamides is 1. The average molecular weight is 405 g/mol. The fourth-order valence-electron chi connectivity index (χ4n) is 2.58. The number of ether oxygens (including phenoxy) is 3. The zero-order chi connectivity index (χ0) is 20.7. The van der Waals surface area contributed by atoms with Crippen molar-refractivity contribution in [2.75, 3.05) is 21.3 Å². The van der Waals surface area contributed by atoms with Gasteiger partial charge in [0.15, 0.2) is 11.5 Å².